The van der Waals surface area contributed by atoms with Crippen molar-refractivity contribution < 1.29 is 14.3 Å². The first kappa shape index (κ1) is 28.8. The van der Waals surface area contributed by atoms with Gasteiger partial charge in [-0.3, -0.25) is 9.59 Å². The minimum Gasteiger partial charge on any atom is -0.483 e. The first-order valence-corrected chi connectivity index (χ1v) is 14.0. The molecule has 2 amide bonds. The Kier molecular flexibility index (Phi) is 10.1. The highest BCUT2D eigenvalue weighted by Gasteiger charge is 2.31. The van der Waals surface area contributed by atoms with Gasteiger partial charge in [-0.05, 0) is 76.0 Å². The summed E-state index contributed by atoms with van der Waals surface area (Å²) in [7, 11) is 0. The third-order valence-corrected chi connectivity index (χ3v) is 7.93. The summed E-state index contributed by atoms with van der Waals surface area (Å²) < 4.78 is 6.70. The van der Waals surface area contributed by atoms with Crippen molar-refractivity contribution in [1.29, 1.82) is 0 Å². The highest BCUT2D eigenvalue weighted by molar-refractivity contribution is 9.10. The van der Waals surface area contributed by atoms with Gasteiger partial charge in [0.15, 0.2) is 6.61 Å². The van der Waals surface area contributed by atoms with Crippen LogP contribution in [0.15, 0.2) is 40.9 Å². The molecule has 1 atom stereocenters. The van der Waals surface area contributed by atoms with E-state index < -0.39 is 6.04 Å². The van der Waals surface area contributed by atoms with Gasteiger partial charge in [0.05, 0.1) is 14.5 Å². The van der Waals surface area contributed by atoms with E-state index >= 15 is 0 Å². The molecular formula is C28H35BrCl2N2O3. The molecule has 2 aromatic rings. The predicted octanol–water partition coefficient (Wildman–Crippen LogP) is 7.30. The zero-order chi connectivity index (χ0) is 26.5. The molecule has 0 aromatic heterocycles. The minimum atomic E-state index is -0.622. The van der Waals surface area contributed by atoms with Crippen LogP contribution in [-0.4, -0.2) is 35.4 Å². The van der Waals surface area contributed by atoms with Crippen LogP contribution in [0, 0.1) is 0 Å². The smallest absolute Gasteiger partial charge is 0.261 e. The Hall–Kier alpha value is -1.76. The van der Waals surface area contributed by atoms with Crippen LogP contribution in [0.4, 0.5) is 0 Å². The molecule has 0 radical (unpaired) electrons. The second-order valence-corrected chi connectivity index (χ2v) is 12.0. The maximum Gasteiger partial charge on any atom is 0.261 e. The molecule has 0 saturated heterocycles. The lowest BCUT2D eigenvalue weighted by Crippen LogP contribution is -2.52. The Morgan fingerprint density at radius 1 is 1.11 bits per heavy atom. The first-order chi connectivity index (χ1) is 17.0. The molecule has 36 heavy (non-hydrogen) atoms. The lowest BCUT2D eigenvalue weighted by Gasteiger charge is -2.31. The number of ether oxygens (including phenoxy) is 1. The zero-order valence-corrected chi connectivity index (χ0v) is 24.5. The van der Waals surface area contributed by atoms with Crippen LogP contribution in [0.2, 0.25) is 10.0 Å². The molecule has 8 heteroatoms. The molecule has 1 N–H and O–H groups in total. The summed E-state index contributed by atoms with van der Waals surface area (Å²) in [5.41, 5.74) is 1.94. The van der Waals surface area contributed by atoms with Gasteiger partial charge in [-0.2, -0.15) is 0 Å². The van der Waals surface area contributed by atoms with Gasteiger partial charge in [0.25, 0.3) is 5.91 Å². The fourth-order valence-electron chi connectivity index (χ4n) is 4.43. The van der Waals surface area contributed by atoms with Crippen molar-refractivity contribution in [2.75, 3.05) is 6.61 Å². The number of hydrogen-bond acceptors (Lipinski definition) is 3. The summed E-state index contributed by atoms with van der Waals surface area (Å²) in [5.74, 6) is 0.170. The molecule has 1 saturated carbocycles. The van der Waals surface area contributed by atoms with Crippen LogP contribution in [0.1, 0.15) is 70.9 Å². The minimum absolute atomic E-state index is 0.00541. The molecule has 0 bridgehead atoms. The highest BCUT2D eigenvalue weighted by atomic mass is 79.9. The predicted molar refractivity (Wildman–Crippen MR) is 150 cm³/mol. The van der Waals surface area contributed by atoms with E-state index in [4.69, 9.17) is 27.9 Å². The van der Waals surface area contributed by atoms with Crippen LogP contribution in [0.3, 0.4) is 0 Å². The van der Waals surface area contributed by atoms with Crippen molar-refractivity contribution in [3.63, 3.8) is 0 Å². The molecule has 3 rings (SSSR count). The SMILES string of the molecule is CC[C@H](C(=O)NC1CCCC1)N(Cc1ccc(Cl)c(Cl)c1)C(=O)COc1ccc(C(C)(C)C)cc1Br. The Labute approximate surface area is 233 Å². The van der Waals surface area contributed by atoms with E-state index in [0.29, 0.717) is 22.2 Å². The van der Waals surface area contributed by atoms with E-state index in [2.05, 4.69) is 42.0 Å². The Morgan fingerprint density at radius 3 is 2.39 bits per heavy atom. The van der Waals surface area contributed by atoms with Crippen LogP contribution in [0.5, 0.6) is 5.75 Å². The Bertz CT molecular complexity index is 1080. The van der Waals surface area contributed by atoms with E-state index in [1.165, 1.54) is 0 Å². The fourth-order valence-corrected chi connectivity index (χ4v) is 5.24. The lowest BCUT2D eigenvalue weighted by atomic mass is 9.87. The van der Waals surface area contributed by atoms with Crippen LogP contribution < -0.4 is 10.1 Å². The van der Waals surface area contributed by atoms with Crippen molar-refractivity contribution in [3.05, 3.63) is 62.0 Å². The maximum atomic E-state index is 13.5. The second-order valence-electron chi connectivity index (χ2n) is 10.4. The Morgan fingerprint density at radius 2 is 1.81 bits per heavy atom. The van der Waals surface area contributed by atoms with Crippen molar-refractivity contribution in [2.45, 2.75) is 83.8 Å². The monoisotopic (exact) mass is 596 g/mol. The number of benzene rings is 2. The molecule has 196 valence electrons. The molecule has 0 unspecified atom stereocenters. The molecule has 0 spiro atoms. The van der Waals surface area contributed by atoms with Crippen molar-refractivity contribution in [3.8, 4) is 5.75 Å². The number of carbonyl (C=O) groups excluding carboxylic acids is 2. The largest absolute Gasteiger partial charge is 0.483 e. The van der Waals surface area contributed by atoms with Gasteiger partial charge < -0.3 is 15.0 Å². The van der Waals surface area contributed by atoms with Gasteiger partial charge in [0.2, 0.25) is 5.91 Å². The summed E-state index contributed by atoms with van der Waals surface area (Å²) >= 11 is 15.9. The maximum absolute atomic E-state index is 13.5. The highest BCUT2D eigenvalue weighted by Crippen LogP contribution is 2.32. The summed E-state index contributed by atoms with van der Waals surface area (Å²) in [6, 6.07) is 10.7. The number of amides is 2. The van der Waals surface area contributed by atoms with E-state index in [1.807, 2.05) is 31.2 Å². The molecule has 5 nitrogen and oxygen atoms in total. The van der Waals surface area contributed by atoms with Gasteiger partial charge in [-0.15, -0.1) is 0 Å². The molecule has 1 fully saturated rings. The summed E-state index contributed by atoms with van der Waals surface area (Å²) in [6.07, 6.45) is 4.67. The summed E-state index contributed by atoms with van der Waals surface area (Å²) in [4.78, 5) is 28.3. The first-order valence-electron chi connectivity index (χ1n) is 12.5. The van der Waals surface area contributed by atoms with E-state index in [1.54, 1.807) is 17.0 Å². The van der Waals surface area contributed by atoms with Crippen LogP contribution in [0.25, 0.3) is 0 Å². The average Bonchev–Trinajstić information content (AvgIpc) is 3.32. The summed E-state index contributed by atoms with van der Waals surface area (Å²) in [6.45, 7) is 8.36. The fraction of sp³-hybridized carbons (Fsp3) is 0.500. The zero-order valence-electron chi connectivity index (χ0n) is 21.4. The van der Waals surface area contributed by atoms with Crippen molar-refractivity contribution >= 4 is 50.9 Å². The molecule has 2 aromatic carbocycles. The van der Waals surface area contributed by atoms with Crippen LogP contribution >= 0.6 is 39.1 Å². The van der Waals surface area contributed by atoms with E-state index in [-0.39, 0.29) is 36.4 Å². The molecule has 0 heterocycles. The average molecular weight is 598 g/mol. The number of nitrogens with one attached hydrogen (secondary N) is 1. The third-order valence-electron chi connectivity index (χ3n) is 6.57. The van der Waals surface area contributed by atoms with Gasteiger partial charge in [-0.25, -0.2) is 0 Å². The third kappa shape index (κ3) is 7.62. The van der Waals surface area contributed by atoms with Crippen molar-refractivity contribution in [2.24, 2.45) is 0 Å². The number of hydrogen-bond donors (Lipinski definition) is 1. The quantitative estimate of drug-likeness (QED) is 0.330. The molecule has 1 aliphatic carbocycles. The standard InChI is InChI=1S/C28H35BrCl2N2O3/c1-5-24(27(35)32-20-8-6-7-9-20)33(16-18-10-12-22(30)23(31)14-18)26(34)17-36-25-13-11-19(15-21(25)29)28(2,3)4/h10-15,20,24H,5-9,16-17H2,1-4H3,(H,32,35)/t24-/m1/s1. The number of nitrogens with zero attached hydrogens (tertiary/aromatic N) is 1. The number of carbonyl (C=O) groups is 2. The summed E-state index contributed by atoms with van der Waals surface area (Å²) in [5, 5.41) is 3.99. The topological polar surface area (TPSA) is 58.6 Å². The Balaban J connectivity index is 1.80. The van der Waals surface area contributed by atoms with Gasteiger partial charge in [0, 0.05) is 12.6 Å². The number of rotatable bonds is 9. The molecule has 0 aliphatic heterocycles. The van der Waals surface area contributed by atoms with E-state index in [0.717, 1.165) is 41.3 Å². The van der Waals surface area contributed by atoms with Gasteiger partial charge >= 0.3 is 0 Å². The normalized spacial score (nSPS) is 15.0. The second kappa shape index (κ2) is 12.7. The van der Waals surface area contributed by atoms with Gasteiger partial charge in [-0.1, -0.05) is 75.9 Å². The number of halogens is 3. The molecular weight excluding hydrogens is 563 g/mol. The molecule has 1 aliphatic rings. The van der Waals surface area contributed by atoms with Gasteiger partial charge in [0.1, 0.15) is 11.8 Å². The lowest BCUT2D eigenvalue weighted by molar-refractivity contribution is -0.143. The van der Waals surface area contributed by atoms with Crippen molar-refractivity contribution in [1.82, 2.24) is 10.2 Å². The van der Waals surface area contributed by atoms with Crippen LogP contribution in [-0.2, 0) is 21.5 Å². The van der Waals surface area contributed by atoms with E-state index in [9.17, 15) is 9.59 Å².